The van der Waals surface area contributed by atoms with Gasteiger partial charge in [-0.3, -0.25) is 9.59 Å². The Labute approximate surface area is 88.3 Å². The molecule has 2 amide bonds. The molecule has 1 heterocycles. The molecule has 1 saturated carbocycles. The Morgan fingerprint density at radius 3 is 2.73 bits per heavy atom. The summed E-state index contributed by atoms with van der Waals surface area (Å²) in [5.41, 5.74) is 2.76. The minimum Gasteiger partial charge on any atom is -0.348 e. The van der Waals surface area contributed by atoms with Gasteiger partial charge in [-0.05, 0) is 18.8 Å². The molecule has 0 atom stereocenters. The lowest BCUT2D eigenvalue weighted by molar-refractivity contribution is -0.121. The van der Waals surface area contributed by atoms with Gasteiger partial charge in [0.05, 0.1) is 0 Å². The maximum absolute atomic E-state index is 11.6. The first-order valence-corrected chi connectivity index (χ1v) is 5.31. The van der Waals surface area contributed by atoms with Crippen molar-refractivity contribution in [3.05, 3.63) is 0 Å². The molecule has 82 valence electrons. The van der Waals surface area contributed by atoms with E-state index in [0.717, 1.165) is 12.8 Å². The normalized spacial score (nSPS) is 29.9. The molecule has 0 radical (unpaired) electrons. The quantitative estimate of drug-likeness (QED) is 0.680. The van der Waals surface area contributed by atoms with Gasteiger partial charge in [-0.25, -0.2) is 5.43 Å². The molecule has 5 heteroatoms. The highest BCUT2D eigenvalue weighted by atomic mass is 16.2. The molecule has 0 aromatic rings. The summed E-state index contributed by atoms with van der Waals surface area (Å²) in [6, 6.07) is 0.299. The van der Waals surface area contributed by atoms with Crippen molar-refractivity contribution in [3.8, 4) is 0 Å². The molecule has 1 aliphatic carbocycles. The van der Waals surface area contributed by atoms with Gasteiger partial charge in [-0.2, -0.15) is 5.10 Å². The summed E-state index contributed by atoms with van der Waals surface area (Å²) in [5, 5.41) is 6.66. The van der Waals surface area contributed by atoms with Gasteiger partial charge in [0.15, 0.2) is 0 Å². The summed E-state index contributed by atoms with van der Waals surface area (Å²) >= 11 is 0. The summed E-state index contributed by atoms with van der Waals surface area (Å²) in [6.07, 6.45) is 2.89. The Morgan fingerprint density at radius 2 is 2.20 bits per heavy atom. The number of amides is 2. The van der Waals surface area contributed by atoms with Crippen LogP contribution in [0.4, 0.5) is 0 Å². The van der Waals surface area contributed by atoms with Crippen LogP contribution in [0.1, 0.15) is 32.6 Å². The van der Waals surface area contributed by atoms with Crippen LogP contribution in [-0.4, -0.2) is 23.6 Å². The van der Waals surface area contributed by atoms with Gasteiger partial charge in [0.25, 0.3) is 5.91 Å². The lowest BCUT2D eigenvalue weighted by atomic mass is 9.82. The number of carbonyl (C=O) groups excluding carboxylic acids is 2. The van der Waals surface area contributed by atoms with Crippen molar-refractivity contribution in [3.63, 3.8) is 0 Å². The highest BCUT2D eigenvalue weighted by Crippen LogP contribution is 2.26. The zero-order valence-electron chi connectivity index (χ0n) is 8.75. The average Bonchev–Trinajstić information content (AvgIpc) is 2.16. The number of rotatable bonds is 2. The summed E-state index contributed by atoms with van der Waals surface area (Å²) in [5.74, 6) is 0.457. The van der Waals surface area contributed by atoms with Crippen LogP contribution < -0.4 is 10.7 Å². The van der Waals surface area contributed by atoms with E-state index in [-0.39, 0.29) is 11.8 Å². The van der Waals surface area contributed by atoms with Crippen LogP contribution in [0.25, 0.3) is 0 Å². The second-order valence-electron chi connectivity index (χ2n) is 4.34. The van der Waals surface area contributed by atoms with Gasteiger partial charge in [0, 0.05) is 18.9 Å². The fourth-order valence-electron chi connectivity index (χ4n) is 1.93. The molecule has 15 heavy (non-hydrogen) atoms. The lowest BCUT2D eigenvalue weighted by Gasteiger charge is -2.33. The lowest BCUT2D eigenvalue weighted by Crippen LogP contribution is -2.47. The SMILES string of the molecule is CC1CC(NC(=O)C2=NNC(=O)CC2)C1. The molecule has 0 aromatic carbocycles. The van der Waals surface area contributed by atoms with Crippen LogP contribution in [0.3, 0.4) is 0 Å². The highest BCUT2D eigenvalue weighted by molar-refractivity contribution is 6.39. The van der Waals surface area contributed by atoms with Crippen molar-refractivity contribution in [1.29, 1.82) is 0 Å². The van der Waals surface area contributed by atoms with E-state index in [1.807, 2.05) is 0 Å². The zero-order chi connectivity index (χ0) is 10.8. The minimum absolute atomic E-state index is 0.121. The molecule has 2 aliphatic rings. The van der Waals surface area contributed by atoms with Crippen molar-refractivity contribution < 1.29 is 9.59 Å². The molecule has 1 aliphatic heterocycles. The van der Waals surface area contributed by atoms with E-state index < -0.39 is 0 Å². The van der Waals surface area contributed by atoms with Crippen LogP contribution in [0, 0.1) is 5.92 Å². The number of carbonyl (C=O) groups is 2. The van der Waals surface area contributed by atoms with Crippen molar-refractivity contribution >= 4 is 17.5 Å². The van der Waals surface area contributed by atoms with E-state index >= 15 is 0 Å². The van der Waals surface area contributed by atoms with E-state index in [9.17, 15) is 9.59 Å². The van der Waals surface area contributed by atoms with Gasteiger partial charge in [-0.15, -0.1) is 0 Å². The predicted octanol–water partition coefficient (Wildman–Crippen LogP) is 0.167. The smallest absolute Gasteiger partial charge is 0.267 e. The first-order chi connectivity index (χ1) is 7.15. The molecular weight excluding hydrogens is 194 g/mol. The second kappa shape index (κ2) is 4.00. The number of hydrogen-bond donors (Lipinski definition) is 2. The molecule has 0 spiro atoms. The Hall–Kier alpha value is -1.39. The van der Waals surface area contributed by atoms with Gasteiger partial charge in [-0.1, -0.05) is 6.92 Å². The molecular formula is C10H15N3O2. The molecule has 0 unspecified atom stereocenters. The van der Waals surface area contributed by atoms with Crippen molar-refractivity contribution in [2.24, 2.45) is 11.0 Å². The van der Waals surface area contributed by atoms with Crippen LogP contribution in [0.2, 0.25) is 0 Å². The van der Waals surface area contributed by atoms with Gasteiger partial charge < -0.3 is 5.32 Å². The topological polar surface area (TPSA) is 70.6 Å². The monoisotopic (exact) mass is 209 g/mol. The van der Waals surface area contributed by atoms with Crippen LogP contribution in [-0.2, 0) is 9.59 Å². The molecule has 1 fully saturated rings. The Balaban J connectivity index is 1.83. The van der Waals surface area contributed by atoms with Gasteiger partial charge in [0.1, 0.15) is 5.71 Å². The van der Waals surface area contributed by atoms with E-state index in [1.165, 1.54) is 0 Å². The number of hydrazone groups is 1. The molecule has 5 nitrogen and oxygen atoms in total. The van der Waals surface area contributed by atoms with Crippen LogP contribution >= 0.6 is 0 Å². The molecule has 2 rings (SSSR count). The van der Waals surface area contributed by atoms with E-state index in [1.54, 1.807) is 0 Å². The molecule has 0 saturated heterocycles. The molecule has 2 N–H and O–H groups in total. The van der Waals surface area contributed by atoms with Crippen molar-refractivity contribution in [2.75, 3.05) is 0 Å². The average molecular weight is 209 g/mol. The standard InChI is InChI=1S/C10H15N3O2/c1-6-4-7(5-6)11-10(15)8-2-3-9(14)13-12-8/h6-7H,2-5H2,1H3,(H,11,15)(H,13,14). The predicted molar refractivity (Wildman–Crippen MR) is 55.1 cm³/mol. The Bertz CT molecular complexity index is 319. The minimum atomic E-state index is -0.132. The van der Waals surface area contributed by atoms with E-state index in [4.69, 9.17) is 0 Å². The molecule has 0 bridgehead atoms. The van der Waals surface area contributed by atoms with E-state index in [2.05, 4.69) is 22.8 Å². The van der Waals surface area contributed by atoms with Crippen LogP contribution in [0.15, 0.2) is 5.10 Å². The third-order valence-corrected chi connectivity index (χ3v) is 2.88. The molecule has 0 aromatic heterocycles. The maximum atomic E-state index is 11.6. The maximum Gasteiger partial charge on any atom is 0.267 e. The third-order valence-electron chi connectivity index (χ3n) is 2.88. The second-order valence-corrected chi connectivity index (χ2v) is 4.34. The van der Waals surface area contributed by atoms with E-state index in [0.29, 0.717) is 30.5 Å². The van der Waals surface area contributed by atoms with Crippen LogP contribution in [0.5, 0.6) is 0 Å². The van der Waals surface area contributed by atoms with Gasteiger partial charge >= 0.3 is 0 Å². The summed E-state index contributed by atoms with van der Waals surface area (Å²) in [7, 11) is 0. The largest absolute Gasteiger partial charge is 0.348 e. The van der Waals surface area contributed by atoms with Crippen molar-refractivity contribution in [1.82, 2.24) is 10.7 Å². The summed E-state index contributed by atoms with van der Waals surface area (Å²) < 4.78 is 0. The fourth-order valence-corrected chi connectivity index (χ4v) is 1.93. The zero-order valence-corrected chi connectivity index (χ0v) is 8.75. The number of nitrogens with zero attached hydrogens (tertiary/aromatic N) is 1. The first kappa shape index (κ1) is 10.1. The highest BCUT2D eigenvalue weighted by Gasteiger charge is 2.28. The fraction of sp³-hybridized carbons (Fsp3) is 0.700. The summed E-state index contributed by atoms with van der Waals surface area (Å²) in [4.78, 5) is 22.4. The first-order valence-electron chi connectivity index (χ1n) is 5.31. The third kappa shape index (κ3) is 2.34. The number of hydrogen-bond acceptors (Lipinski definition) is 3. The number of nitrogens with one attached hydrogen (secondary N) is 2. The Morgan fingerprint density at radius 1 is 1.47 bits per heavy atom. The summed E-state index contributed by atoms with van der Waals surface area (Å²) in [6.45, 7) is 2.17. The Kier molecular flexibility index (Phi) is 2.70. The van der Waals surface area contributed by atoms with Gasteiger partial charge in [0.2, 0.25) is 5.91 Å². The van der Waals surface area contributed by atoms with Crippen molar-refractivity contribution in [2.45, 2.75) is 38.6 Å².